The first-order valence-electron chi connectivity index (χ1n) is 7.40. The number of ether oxygens (including phenoxy) is 2. The molecule has 8 heteroatoms. The zero-order chi connectivity index (χ0) is 19.3. The fraction of sp³-hybridized carbons (Fsp3) is 0.167. The summed E-state index contributed by atoms with van der Waals surface area (Å²) in [7, 11) is 1.29. The Labute approximate surface area is 163 Å². The molecule has 1 atom stereocenters. The van der Waals surface area contributed by atoms with E-state index in [1.807, 2.05) is 6.07 Å². The number of hydrogen-bond acceptors (Lipinski definition) is 5. The molecule has 0 saturated heterocycles. The van der Waals surface area contributed by atoms with Crippen LogP contribution in [0.4, 0.5) is 5.69 Å². The number of nitrogens with one attached hydrogen (secondary N) is 1. The average Bonchev–Trinajstić information content (AvgIpc) is 2.62. The topological polar surface area (TPSA) is 88.4 Å². The van der Waals surface area contributed by atoms with Crippen molar-refractivity contribution in [2.24, 2.45) is 0 Å². The molecule has 134 valence electrons. The van der Waals surface area contributed by atoms with Crippen molar-refractivity contribution in [2.75, 3.05) is 12.4 Å². The van der Waals surface area contributed by atoms with Crippen molar-refractivity contribution in [1.82, 2.24) is 0 Å². The van der Waals surface area contributed by atoms with Gasteiger partial charge in [-0.15, -0.1) is 0 Å². The SMILES string of the molecule is COC(=O)c1ccc(OC(C)C(=O)Nc2ccc(C#N)c(Cl)c2)c(Br)c1. The van der Waals surface area contributed by atoms with Crippen molar-refractivity contribution in [3.05, 3.63) is 57.0 Å². The number of esters is 1. The predicted molar refractivity (Wildman–Crippen MR) is 100 cm³/mol. The molecule has 6 nitrogen and oxygen atoms in total. The Morgan fingerprint density at radius 3 is 2.58 bits per heavy atom. The number of nitrogens with zero attached hydrogens (tertiary/aromatic N) is 1. The standard InChI is InChI=1S/C18H14BrClN2O4/c1-10(17(23)22-13-5-3-12(9-21)15(20)8-13)26-16-6-4-11(7-14(16)19)18(24)25-2/h3-8,10H,1-2H3,(H,22,23). The summed E-state index contributed by atoms with van der Waals surface area (Å²) in [5.41, 5.74) is 1.13. The normalized spacial score (nSPS) is 11.2. The maximum absolute atomic E-state index is 12.3. The van der Waals surface area contributed by atoms with Crippen LogP contribution in [-0.4, -0.2) is 25.1 Å². The third-order valence-corrected chi connectivity index (χ3v) is 4.32. The highest BCUT2D eigenvalue weighted by atomic mass is 79.9. The molecule has 26 heavy (non-hydrogen) atoms. The predicted octanol–water partition coefficient (Wildman–Crippen LogP) is 4.17. The van der Waals surface area contributed by atoms with Gasteiger partial charge in [-0.05, 0) is 59.3 Å². The second-order valence-electron chi connectivity index (χ2n) is 5.19. The van der Waals surface area contributed by atoms with Gasteiger partial charge >= 0.3 is 5.97 Å². The highest BCUT2D eigenvalue weighted by Gasteiger charge is 2.18. The van der Waals surface area contributed by atoms with Crippen LogP contribution < -0.4 is 10.1 Å². The molecule has 1 amide bonds. The lowest BCUT2D eigenvalue weighted by atomic mass is 10.2. The fourth-order valence-corrected chi connectivity index (χ4v) is 2.71. The van der Waals surface area contributed by atoms with Gasteiger partial charge in [-0.1, -0.05) is 11.6 Å². The van der Waals surface area contributed by atoms with Gasteiger partial charge in [0.25, 0.3) is 5.91 Å². The van der Waals surface area contributed by atoms with Gasteiger partial charge in [-0.25, -0.2) is 4.79 Å². The molecule has 0 aliphatic carbocycles. The number of hydrogen-bond donors (Lipinski definition) is 1. The molecule has 1 N–H and O–H groups in total. The smallest absolute Gasteiger partial charge is 0.337 e. The van der Waals surface area contributed by atoms with Gasteiger partial charge in [0.2, 0.25) is 0 Å². The summed E-state index contributed by atoms with van der Waals surface area (Å²) in [4.78, 5) is 23.8. The van der Waals surface area contributed by atoms with E-state index in [0.717, 1.165) is 0 Å². The van der Waals surface area contributed by atoms with Crippen LogP contribution >= 0.6 is 27.5 Å². The monoisotopic (exact) mass is 436 g/mol. The van der Waals surface area contributed by atoms with E-state index in [0.29, 0.717) is 27.0 Å². The number of rotatable bonds is 5. The van der Waals surface area contributed by atoms with Crippen LogP contribution in [0.3, 0.4) is 0 Å². The summed E-state index contributed by atoms with van der Waals surface area (Å²) in [5.74, 6) is -0.464. The Morgan fingerprint density at radius 1 is 1.27 bits per heavy atom. The minimum absolute atomic E-state index is 0.250. The number of anilines is 1. The number of halogens is 2. The lowest BCUT2D eigenvalue weighted by Gasteiger charge is -2.16. The molecule has 2 aromatic carbocycles. The molecule has 0 aromatic heterocycles. The molecule has 0 bridgehead atoms. The molecular weight excluding hydrogens is 424 g/mol. The summed E-state index contributed by atoms with van der Waals surface area (Å²) < 4.78 is 10.8. The summed E-state index contributed by atoms with van der Waals surface area (Å²) in [6, 6.07) is 11.2. The van der Waals surface area contributed by atoms with E-state index >= 15 is 0 Å². The Hall–Kier alpha value is -2.56. The summed E-state index contributed by atoms with van der Waals surface area (Å²) >= 11 is 9.25. The van der Waals surface area contributed by atoms with Crippen molar-refractivity contribution in [3.8, 4) is 11.8 Å². The van der Waals surface area contributed by atoms with Gasteiger partial charge < -0.3 is 14.8 Å². The number of carbonyl (C=O) groups excluding carboxylic acids is 2. The lowest BCUT2D eigenvalue weighted by Crippen LogP contribution is -2.30. The molecule has 0 aliphatic heterocycles. The highest BCUT2D eigenvalue weighted by Crippen LogP contribution is 2.27. The molecule has 0 aliphatic rings. The molecule has 0 fully saturated rings. The van der Waals surface area contributed by atoms with Crippen molar-refractivity contribution in [3.63, 3.8) is 0 Å². The van der Waals surface area contributed by atoms with Crippen LogP contribution in [0.15, 0.2) is 40.9 Å². The minimum atomic E-state index is -0.815. The molecule has 0 heterocycles. The van der Waals surface area contributed by atoms with Gasteiger partial charge in [0.1, 0.15) is 11.8 Å². The molecular formula is C18H14BrClN2O4. The average molecular weight is 438 g/mol. The summed E-state index contributed by atoms with van der Waals surface area (Å²) in [6.45, 7) is 1.58. The van der Waals surface area contributed by atoms with Crippen LogP contribution in [0, 0.1) is 11.3 Å². The van der Waals surface area contributed by atoms with E-state index in [2.05, 4.69) is 26.0 Å². The number of carbonyl (C=O) groups is 2. The molecule has 2 aromatic rings. The van der Waals surface area contributed by atoms with Crippen LogP contribution in [0.1, 0.15) is 22.8 Å². The Kier molecular flexibility index (Phi) is 6.61. The van der Waals surface area contributed by atoms with Crippen LogP contribution in [0.25, 0.3) is 0 Å². The maximum Gasteiger partial charge on any atom is 0.337 e. The van der Waals surface area contributed by atoms with E-state index in [9.17, 15) is 9.59 Å². The van der Waals surface area contributed by atoms with Crippen molar-refractivity contribution in [1.29, 1.82) is 5.26 Å². The van der Waals surface area contributed by atoms with E-state index in [1.54, 1.807) is 25.1 Å². The quantitative estimate of drug-likeness (QED) is 0.709. The van der Waals surface area contributed by atoms with Gasteiger partial charge in [-0.3, -0.25) is 4.79 Å². The molecule has 1 unspecified atom stereocenters. The van der Waals surface area contributed by atoms with E-state index in [1.165, 1.54) is 25.3 Å². The number of benzene rings is 2. The first-order valence-corrected chi connectivity index (χ1v) is 8.58. The van der Waals surface area contributed by atoms with Crippen LogP contribution in [-0.2, 0) is 9.53 Å². The number of nitriles is 1. The van der Waals surface area contributed by atoms with Crippen molar-refractivity contribution >= 4 is 45.1 Å². The second kappa shape index (κ2) is 8.70. The largest absolute Gasteiger partial charge is 0.480 e. The number of amides is 1. The minimum Gasteiger partial charge on any atom is -0.480 e. The lowest BCUT2D eigenvalue weighted by molar-refractivity contribution is -0.122. The third kappa shape index (κ3) is 4.75. The molecule has 0 spiro atoms. The number of methoxy groups -OCH3 is 1. The zero-order valence-electron chi connectivity index (χ0n) is 13.9. The maximum atomic E-state index is 12.3. The Balaban J connectivity index is 2.06. The summed E-state index contributed by atoms with van der Waals surface area (Å²) in [5, 5.41) is 11.8. The second-order valence-corrected chi connectivity index (χ2v) is 6.45. The zero-order valence-corrected chi connectivity index (χ0v) is 16.2. The summed E-state index contributed by atoms with van der Waals surface area (Å²) in [6.07, 6.45) is -0.815. The van der Waals surface area contributed by atoms with Crippen molar-refractivity contribution < 1.29 is 19.1 Å². The molecule has 0 radical (unpaired) electrons. The highest BCUT2D eigenvalue weighted by molar-refractivity contribution is 9.10. The first kappa shape index (κ1) is 19.8. The van der Waals surface area contributed by atoms with Crippen molar-refractivity contribution in [2.45, 2.75) is 13.0 Å². The van der Waals surface area contributed by atoms with Crippen LogP contribution in [0.2, 0.25) is 5.02 Å². The van der Waals surface area contributed by atoms with Gasteiger partial charge in [0, 0.05) is 5.69 Å². The first-order chi connectivity index (χ1) is 12.3. The van der Waals surface area contributed by atoms with E-state index in [4.69, 9.17) is 21.6 Å². The van der Waals surface area contributed by atoms with E-state index < -0.39 is 18.0 Å². The molecule has 0 saturated carbocycles. The fourth-order valence-electron chi connectivity index (χ4n) is 2.01. The van der Waals surface area contributed by atoms with Gasteiger partial charge in [-0.2, -0.15) is 5.26 Å². The Bertz CT molecular complexity index is 895. The molecule has 2 rings (SSSR count). The van der Waals surface area contributed by atoms with Gasteiger partial charge in [0.05, 0.1) is 27.7 Å². The third-order valence-electron chi connectivity index (χ3n) is 3.38. The van der Waals surface area contributed by atoms with Gasteiger partial charge in [0.15, 0.2) is 6.10 Å². The van der Waals surface area contributed by atoms with E-state index in [-0.39, 0.29) is 5.02 Å². The van der Waals surface area contributed by atoms with Crippen LogP contribution in [0.5, 0.6) is 5.75 Å². The Morgan fingerprint density at radius 2 is 2.00 bits per heavy atom.